The van der Waals surface area contributed by atoms with Gasteiger partial charge in [0.05, 0.1) is 6.26 Å². The number of nitrogens with zero attached hydrogens (tertiary/aromatic N) is 1. The van der Waals surface area contributed by atoms with E-state index in [0.29, 0.717) is 55.9 Å². The Hall–Kier alpha value is -1.80. The van der Waals surface area contributed by atoms with Crippen molar-refractivity contribution < 1.29 is 18.0 Å². The zero-order valence-corrected chi connectivity index (χ0v) is 16.3. The van der Waals surface area contributed by atoms with Crippen LogP contribution >= 0.6 is 11.6 Å². The predicted molar refractivity (Wildman–Crippen MR) is 102 cm³/mol. The number of hydrogen-bond acceptors (Lipinski definition) is 4. The van der Waals surface area contributed by atoms with Gasteiger partial charge in [-0.05, 0) is 43.5 Å². The predicted octanol–water partition coefficient (Wildman–Crippen LogP) is 1.80. The fourth-order valence-electron chi connectivity index (χ4n) is 2.82. The van der Waals surface area contributed by atoms with Crippen LogP contribution in [0.3, 0.4) is 0 Å². The van der Waals surface area contributed by atoms with E-state index in [1.54, 1.807) is 24.3 Å². The van der Waals surface area contributed by atoms with Gasteiger partial charge < -0.3 is 10.2 Å². The summed E-state index contributed by atoms with van der Waals surface area (Å²) < 4.78 is 24.7. The summed E-state index contributed by atoms with van der Waals surface area (Å²) in [5.74, 6) is 0.392. The van der Waals surface area contributed by atoms with Gasteiger partial charge in [-0.3, -0.25) is 14.3 Å². The van der Waals surface area contributed by atoms with Crippen LogP contribution < -0.4 is 10.0 Å². The zero-order valence-electron chi connectivity index (χ0n) is 14.7. The number of piperidine rings is 1. The quantitative estimate of drug-likeness (QED) is 0.681. The van der Waals surface area contributed by atoms with Gasteiger partial charge in [-0.2, -0.15) is 0 Å². The third-order valence-electron chi connectivity index (χ3n) is 4.16. The Morgan fingerprint density at radius 2 is 1.81 bits per heavy atom. The lowest BCUT2D eigenvalue weighted by atomic mass is 10.0. The Bertz CT molecular complexity index is 729. The number of nitrogens with one attached hydrogen (secondary N) is 2. The molecule has 0 saturated carbocycles. The first-order valence-electron chi connectivity index (χ1n) is 8.51. The largest absolute Gasteiger partial charge is 0.349 e. The van der Waals surface area contributed by atoms with Crippen molar-refractivity contribution in [2.24, 2.45) is 0 Å². The summed E-state index contributed by atoms with van der Waals surface area (Å²) in [7, 11) is -3.34. The van der Waals surface area contributed by atoms with Gasteiger partial charge in [0, 0.05) is 42.7 Å². The Kier molecular flexibility index (Phi) is 7.28. The molecule has 1 saturated heterocycles. The Balaban J connectivity index is 1.82. The fourth-order valence-corrected chi connectivity index (χ4v) is 3.52. The highest BCUT2D eigenvalue weighted by Gasteiger charge is 2.23. The molecular weight excluding hydrogens is 378 g/mol. The standard InChI is InChI=1S/C17H24ClN3O4S/c1-26(24,25)20-15-6-4-13(5-7-15)17(23)19-14-8-11-21(12-9-14)16(22)3-2-10-18/h4-7,14,20H,2-3,8-12H2,1H3,(H,19,23). The number of hydrogen-bond donors (Lipinski definition) is 2. The first-order valence-corrected chi connectivity index (χ1v) is 10.9. The molecule has 1 aliphatic rings. The van der Waals surface area contributed by atoms with Crippen molar-refractivity contribution in [2.45, 2.75) is 31.7 Å². The molecule has 2 amide bonds. The minimum absolute atomic E-state index is 0.0217. The maximum Gasteiger partial charge on any atom is 0.251 e. The third kappa shape index (κ3) is 6.49. The van der Waals surface area contributed by atoms with Crippen molar-refractivity contribution in [1.29, 1.82) is 0 Å². The van der Waals surface area contributed by atoms with Gasteiger partial charge in [0.2, 0.25) is 15.9 Å². The first kappa shape index (κ1) is 20.5. The molecule has 1 aromatic rings. The van der Waals surface area contributed by atoms with E-state index in [0.717, 1.165) is 6.26 Å². The van der Waals surface area contributed by atoms with Crippen molar-refractivity contribution in [1.82, 2.24) is 10.2 Å². The summed E-state index contributed by atoms with van der Waals surface area (Å²) in [6.07, 6.45) is 3.65. The van der Waals surface area contributed by atoms with Crippen LogP contribution in [0.5, 0.6) is 0 Å². The van der Waals surface area contributed by atoms with Crippen LogP contribution in [0.1, 0.15) is 36.0 Å². The SMILES string of the molecule is CS(=O)(=O)Nc1ccc(C(=O)NC2CCN(C(=O)CCCCl)CC2)cc1. The lowest BCUT2D eigenvalue weighted by molar-refractivity contribution is -0.132. The van der Waals surface area contributed by atoms with Crippen LogP contribution in [0.25, 0.3) is 0 Å². The highest BCUT2D eigenvalue weighted by Crippen LogP contribution is 2.15. The second-order valence-electron chi connectivity index (χ2n) is 6.37. The summed E-state index contributed by atoms with van der Waals surface area (Å²) in [4.78, 5) is 26.1. The number of rotatable bonds is 7. The molecule has 26 heavy (non-hydrogen) atoms. The average molecular weight is 402 g/mol. The summed E-state index contributed by atoms with van der Waals surface area (Å²) in [5, 5.41) is 2.97. The summed E-state index contributed by atoms with van der Waals surface area (Å²) in [5.41, 5.74) is 0.873. The second kappa shape index (κ2) is 9.23. The maximum absolute atomic E-state index is 12.3. The fraction of sp³-hybridized carbons (Fsp3) is 0.529. The molecule has 144 valence electrons. The van der Waals surface area contributed by atoms with Crippen LogP contribution in [-0.2, 0) is 14.8 Å². The zero-order chi connectivity index (χ0) is 19.2. The lowest BCUT2D eigenvalue weighted by Crippen LogP contribution is -2.46. The van der Waals surface area contributed by atoms with Gasteiger partial charge in [0.1, 0.15) is 0 Å². The van der Waals surface area contributed by atoms with Gasteiger partial charge in [-0.15, -0.1) is 11.6 Å². The van der Waals surface area contributed by atoms with Crippen molar-refractivity contribution in [3.63, 3.8) is 0 Å². The van der Waals surface area contributed by atoms with E-state index in [-0.39, 0.29) is 17.9 Å². The smallest absolute Gasteiger partial charge is 0.251 e. The first-order chi connectivity index (χ1) is 12.3. The molecule has 0 radical (unpaired) electrons. The number of halogens is 1. The molecule has 1 aliphatic heterocycles. The monoisotopic (exact) mass is 401 g/mol. The third-order valence-corrected chi connectivity index (χ3v) is 5.03. The molecule has 1 fully saturated rings. The van der Waals surface area contributed by atoms with Gasteiger partial charge in [0.25, 0.3) is 5.91 Å². The molecule has 0 spiro atoms. The minimum Gasteiger partial charge on any atom is -0.349 e. The van der Waals surface area contributed by atoms with Crippen LogP contribution in [0.15, 0.2) is 24.3 Å². The lowest BCUT2D eigenvalue weighted by Gasteiger charge is -2.32. The molecule has 2 rings (SSSR count). The maximum atomic E-state index is 12.3. The van der Waals surface area contributed by atoms with Crippen molar-refractivity contribution in [2.75, 3.05) is 29.9 Å². The average Bonchev–Trinajstić information content (AvgIpc) is 2.59. The molecule has 7 nitrogen and oxygen atoms in total. The number of sulfonamides is 1. The van der Waals surface area contributed by atoms with E-state index in [9.17, 15) is 18.0 Å². The number of carbonyl (C=O) groups excluding carboxylic acids is 2. The number of amides is 2. The van der Waals surface area contributed by atoms with E-state index in [1.807, 2.05) is 4.90 Å². The van der Waals surface area contributed by atoms with E-state index >= 15 is 0 Å². The summed E-state index contributed by atoms with van der Waals surface area (Å²) >= 11 is 5.61. The molecule has 1 heterocycles. The molecule has 0 aliphatic carbocycles. The molecule has 0 unspecified atom stereocenters. The Morgan fingerprint density at radius 3 is 2.35 bits per heavy atom. The highest BCUT2D eigenvalue weighted by molar-refractivity contribution is 7.92. The molecular formula is C17H24ClN3O4S. The minimum atomic E-state index is -3.34. The molecule has 0 bridgehead atoms. The van der Waals surface area contributed by atoms with Crippen LogP contribution in [0, 0.1) is 0 Å². The Labute approximate surface area is 159 Å². The highest BCUT2D eigenvalue weighted by atomic mass is 35.5. The number of likely N-dealkylation sites (tertiary alicyclic amines) is 1. The van der Waals surface area contributed by atoms with Gasteiger partial charge >= 0.3 is 0 Å². The normalized spacial score (nSPS) is 15.5. The molecule has 1 aromatic carbocycles. The summed E-state index contributed by atoms with van der Waals surface area (Å²) in [6.45, 7) is 1.26. The van der Waals surface area contributed by atoms with Crippen molar-refractivity contribution >= 4 is 39.1 Å². The molecule has 2 N–H and O–H groups in total. The van der Waals surface area contributed by atoms with Crippen LogP contribution in [-0.4, -0.2) is 56.4 Å². The van der Waals surface area contributed by atoms with Crippen LogP contribution in [0.4, 0.5) is 5.69 Å². The topological polar surface area (TPSA) is 95.6 Å². The van der Waals surface area contributed by atoms with E-state index in [4.69, 9.17) is 11.6 Å². The molecule has 9 heteroatoms. The van der Waals surface area contributed by atoms with Crippen molar-refractivity contribution in [3.05, 3.63) is 29.8 Å². The number of carbonyl (C=O) groups is 2. The molecule has 0 atom stereocenters. The van der Waals surface area contributed by atoms with Gasteiger partial charge in [0.15, 0.2) is 0 Å². The van der Waals surface area contributed by atoms with Crippen molar-refractivity contribution in [3.8, 4) is 0 Å². The summed E-state index contributed by atoms with van der Waals surface area (Å²) in [6, 6.07) is 6.28. The number of benzene rings is 1. The molecule has 0 aromatic heterocycles. The Morgan fingerprint density at radius 1 is 1.19 bits per heavy atom. The number of alkyl halides is 1. The van der Waals surface area contributed by atoms with Gasteiger partial charge in [-0.1, -0.05) is 0 Å². The van der Waals surface area contributed by atoms with Crippen LogP contribution in [0.2, 0.25) is 0 Å². The number of anilines is 1. The van der Waals surface area contributed by atoms with E-state index < -0.39 is 10.0 Å². The van der Waals surface area contributed by atoms with E-state index in [2.05, 4.69) is 10.0 Å². The van der Waals surface area contributed by atoms with E-state index in [1.165, 1.54) is 0 Å². The van der Waals surface area contributed by atoms with Gasteiger partial charge in [-0.25, -0.2) is 8.42 Å². The second-order valence-corrected chi connectivity index (χ2v) is 8.50.